The van der Waals surface area contributed by atoms with E-state index >= 15 is 0 Å². The predicted octanol–water partition coefficient (Wildman–Crippen LogP) is 1.66. The average molecular weight is 538 g/mol. The third-order valence-electron chi connectivity index (χ3n) is 5.54. The maximum atomic E-state index is 13.1. The maximum Gasteiger partial charge on any atom is 0.423 e. The van der Waals surface area contributed by atoms with Gasteiger partial charge in [0.05, 0.1) is 30.1 Å². The third kappa shape index (κ3) is 7.28. The molecule has 1 aliphatic rings. The van der Waals surface area contributed by atoms with Crippen molar-refractivity contribution >= 4 is 17.5 Å². The van der Waals surface area contributed by atoms with Crippen molar-refractivity contribution < 1.29 is 36.0 Å². The summed E-state index contributed by atoms with van der Waals surface area (Å²) in [5, 5.41) is 7.58. The first-order chi connectivity index (χ1) is 17.3. The summed E-state index contributed by atoms with van der Waals surface area (Å²) in [6, 6.07) is -1.36. The Hall–Kier alpha value is -3.47. The van der Waals surface area contributed by atoms with E-state index in [1.54, 1.807) is 16.9 Å². The van der Waals surface area contributed by atoms with E-state index in [-0.39, 0.29) is 12.6 Å². The van der Waals surface area contributed by atoms with Gasteiger partial charge < -0.3 is 10.2 Å². The van der Waals surface area contributed by atoms with Crippen molar-refractivity contribution in [2.75, 3.05) is 43.0 Å². The van der Waals surface area contributed by atoms with Crippen LogP contribution in [-0.4, -0.2) is 75.8 Å². The van der Waals surface area contributed by atoms with Crippen molar-refractivity contribution in [1.29, 1.82) is 0 Å². The molecule has 0 bridgehead atoms. The van der Waals surface area contributed by atoms with Crippen LogP contribution in [0.1, 0.15) is 25.0 Å². The SMILES string of the molecule is CC(C(=O)NOC[C@H](C)Nc1cn[nH]c(=O)c1C(F)(F)F)N1CCN(c2ncc(C(F)(F)F)cn2)CC1. The number of amides is 1. The fourth-order valence-electron chi connectivity index (χ4n) is 3.53. The van der Waals surface area contributed by atoms with Crippen LogP contribution in [0.5, 0.6) is 0 Å². The lowest BCUT2D eigenvalue weighted by Crippen LogP contribution is -2.54. The molecule has 1 fully saturated rings. The van der Waals surface area contributed by atoms with Gasteiger partial charge in [-0.25, -0.2) is 20.5 Å². The van der Waals surface area contributed by atoms with Crippen LogP contribution in [0.15, 0.2) is 23.4 Å². The first-order valence-corrected chi connectivity index (χ1v) is 11.0. The van der Waals surface area contributed by atoms with E-state index < -0.39 is 52.7 Å². The first kappa shape index (κ1) is 28.1. The molecular weight excluding hydrogens is 514 g/mol. The molecule has 3 rings (SSSR count). The van der Waals surface area contributed by atoms with Gasteiger partial charge in [-0.05, 0) is 13.8 Å². The minimum Gasteiger partial charge on any atom is -0.378 e. The Morgan fingerprint density at radius 1 is 1.05 bits per heavy atom. The van der Waals surface area contributed by atoms with Crippen molar-refractivity contribution in [3.63, 3.8) is 0 Å². The van der Waals surface area contributed by atoms with E-state index in [0.717, 1.165) is 6.20 Å². The van der Waals surface area contributed by atoms with Crippen LogP contribution in [0.25, 0.3) is 0 Å². The van der Waals surface area contributed by atoms with Crippen molar-refractivity contribution in [1.82, 2.24) is 30.5 Å². The number of aromatic nitrogens is 4. The number of alkyl halides is 6. The lowest BCUT2D eigenvalue weighted by Gasteiger charge is -2.37. The van der Waals surface area contributed by atoms with Gasteiger partial charge in [-0.2, -0.15) is 31.4 Å². The van der Waals surface area contributed by atoms with Crippen molar-refractivity contribution in [2.45, 2.75) is 38.3 Å². The number of halogens is 6. The first-order valence-electron chi connectivity index (χ1n) is 11.0. The van der Waals surface area contributed by atoms with E-state index in [2.05, 4.69) is 25.9 Å². The second-order valence-electron chi connectivity index (χ2n) is 8.28. The number of nitrogens with zero attached hydrogens (tertiary/aromatic N) is 5. The molecule has 3 heterocycles. The quantitative estimate of drug-likeness (QED) is 0.340. The zero-order valence-electron chi connectivity index (χ0n) is 19.7. The van der Waals surface area contributed by atoms with E-state index in [0.29, 0.717) is 38.6 Å². The standard InChI is InChI=1S/C20H24F6N8O3/c1-11(30-14-9-29-31-17(36)15(14)20(24,25)26)10-37-32-16(35)12(2)33-3-5-34(6-4-33)18-27-7-13(8-28-18)19(21,22)23/h7-9,11-12H,3-6,10H2,1-2H3,(H,32,35)(H2,30,31,36)/t11-,12?/m0/s1. The summed E-state index contributed by atoms with van der Waals surface area (Å²) in [5.74, 6) is -0.348. The van der Waals surface area contributed by atoms with Gasteiger partial charge in [0.1, 0.15) is 5.56 Å². The van der Waals surface area contributed by atoms with Crippen LogP contribution in [0, 0.1) is 0 Å². The number of anilines is 2. The molecule has 0 aliphatic carbocycles. The summed E-state index contributed by atoms with van der Waals surface area (Å²) in [7, 11) is 0. The number of H-pyrrole nitrogens is 1. The van der Waals surface area contributed by atoms with E-state index in [9.17, 15) is 35.9 Å². The minimum atomic E-state index is -4.90. The van der Waals surface area contributed by atoms with Gasteiger partial charge in [0.2, 0.25) is 5.95 Å². The lowest BCUT2D eigenvalue weighted by atomic mass is 10.2. The topological polar surface area (TPSA) is 128 Å². The molecule has 204 valence electrons. The molecule has 0 aromatic carbocycles. The summed E-state index contributed by atoms with van der Waals surface area (Å²) < 4.78 is 77.4. The molecule has 1 amide bonds. The van der Waals surface area contributed by atoms with E-state index in [4.69, 9.17) is 4.84 Å². The Bertz CT molecular complexity index is 1120. The third-order valence-corrected chi connectivity index (χ3v) is 5.54. The fourth-order valence-corrected chi connectivity index (χ4v) is 3.53. The zero-order valence-corrected chi connectivity index (χ0v) is 19.7. The van der Waals surface area contributed by atoms with Crippen LogP contribution in [0.2, 0.25) is 0 Å². The van der Waals surface area contributed by atoms with Crippen LogP contribution >= 0.6 is 0 Å². The Kier molecular flexibility index (Phi) is 8.57. The lowest BCUT2D eigenvalue weighted by molar-refractivity contribution is -0.139. The molecule has 11 nitrogen and oxygen atoms in total. The normalized spacial score (nSPS) is 16.8. The fraction of sp³-hybridized carbons (Fsp3) is 0.550. The highest BCUT2D eigenvalue weighted by molar-refractivity contribution is 5.80. The maximum absolute atomic E-state index is 13.1. The molecular formula is C20H24F6N8O3. The molecule has 2 aromatic heterocycles. The number of piperazine rings is 1. The highest BCUT2D eigenvalue weighted by Crippen LogP contribution is 2.31. The van der Waals surface area contributed by atoms with Gasteiger partial charge in [-0.1, -0.05) is 0 Å². The van der Waals surface area contributed by atoms with Gasteiger partial charge in [0.25, 0.3) is 11.5 Å². The number of carbonyl (C=O) groups excluding carboxylic acids is 1. The average Bonchev–Trinajstić information content (AvgIpc) is 2.82. The minimum absolute atomic E-state index is 0.152. The van der Waals surface area contributed by atoms with Gasteiger partial charge in [-0.15, -0.1) is 0 Å². The number of hydrogen-bond donors (Lipinski definition) is 3. The highest BCUT2D eigenvalue weighted by atomic mass is 19.4. The van der Waals surface area contributed by atoms with Crippen LogP contribution in [-0.2, 0) is 22.0 Å². The molecule has 0 saturated carbocycles. The van der Waals surface area contributed by atoms with E-state index in [1.165, 1.54) is 6.92 Å². The molecule has 2 atom stereocenters. The second kappa shape index (κ2) is 11.3. The highest BCUT2D eigenvalue weighted by Gasteiger charge is 2.37. The number of aromatic amines is 1. The Balaban J connectivity index is 1.44. The Labute approximate surface area is 206 Å². The molecule has 2 aromatic rings. The van der Waals surface area contributed by atoms with E-state index in [1.807, 2.05) is 4.90 Å². The van der Waals surface area contributed by atoms with Gasteiger partial charge >= 0.3 is 12.4 Å². The molecule has 37 heavy (non-hydrogen) atoms. The van der Waals surface area contributed by atoms with Gasteiger partial charge in [0, 0.05) is 44.6 Å². The summed E-state index contributed by atoms with van der Waals surface area (Å²) in [5.41, 5.74) is -2.04. The van der Waals surface area contributed by atoms with Crippen LogP contribution in [0.4, 0.5) is 38.0 Å². The van der Waals surface area contributed by atoms with Crippen LogP contribution < -0.4 is 21.3 Å². The van der Waals surface area contributed by atoms with Crippen LogP contribution in [0.3, 0.4) is 0 Å². The molecule has 1 saturated heterocycles. The Morgan fingerprint density at radius 2 is 1.68 bits per heavy atom. The summed E-state index contributed by atoms with van der Waals surface area (Å²) in [6.45, 7) is 4.43. The monoisotopic (exact) mass is 538 g/mol. The van der Waals surface area contributed by atoms with Crippen molar-refractivity contribution in [3.05, 3.63) is 40.1 Å². The molecule has 0 spiro atoms. The summed E-state index contributed by atoms with van der Waals surface area (Å²) in [6.07, 6.45) is -7.16. The molecule has 17 heteroatoms. The number of carbonyl (C=O) groups is 1. The van der Waals surface area contributed by atoms with Crippen molar-refractivity contribution in [2.24, 2.45) is 0 Å². The number of hydrogen-bond acceptors (Lipinski definition) is 9. The summed E-state index contributed by atoms with van der Waals surface area (Å²) in [4.78, 5) is 40.2. The largest absolute Gasteiger partial charge is 0.423 e. The van der Waals surface area contributed by atoms with Gasteiger partial charge in [-0.3, -0.25) is 19.3 Å². The number of hydroxylamine groups is 1. The molecule has 1 unspecified atom stereocenters. The second-order valence-corrected chi connectivity index (χ2v) is 8.28. The zero-order chi connectivity index (χ0) is 27.4. The smallest absolute Gasteiger partial charge is 0.378 e. The van der Waals surface area contributed by atoms with Crippen molar-refractivity contribution in [3.8, 4) is 0 Å². The number of nitrogens with one attached hydrogen (secondary N) is 3. The molecule has 1 aliphatic heterocycles. The summed E-state index contributed by atoms with van der Waals surface area (Å²) >= 11 is 0. The van der Waals surface area contributed by atoms with Gasteiger partial charge in [0.15, 0.2) is 0 Å². The predicted molar refractivity (Wildman–Crippen MR) is 117 cm³/mol. The Morgan fingerprint density at radius 3 is 2.24 bits per heavy atom. The molecule has 3 N–H and O–H groups in total. The molecule has 0 radical (unpaired) electrons. The number of rotatable bonds is 8.